The fourth-order valence-corrected chi connectivity index (χ4v) is 4.02. The number of rotatable bonds is 3. The molecular formula is C10H6Cl2N2O2S2. The van der Waals surface area contributed by atoms with Crippen LogP contribution in [0.15, 0.2) is 46.7 Å². The second kappa shape index (κ2) is 5.88. The summed E-state index contributed by atoms with van der Waals surface area (Å²) in [4.78, 5) is 1.51. The van der Waals surface area contributed by atoms with Gasteiger partial charge in [-0.05, 0) is 0 Å². The van der Waals surface area contributed by atoms with Crippen LogP contribution in [0.3, 0.4) is 0 Å². The van der Waals surface area contributed by atoms with E-state index in [0.29, 0.717) is 19.5 Å². The molecule has 0 amide bonds. The van der Waals surface area contributed by atoms with Crippen LogP contribution in [-0.2, 0) is 0 Å². The summed E-state index contributed by atoms with van der Waals surface area (Å²) in [6.07, 6.45) is 5.30. The number of nitrogens with zero attached hydrogens (tertiary/aromatic N) is 2. The lowest BCUT2D eigenvalue weighted by molar-refractivity contribution is -0.605. The van der Waals surface area contributed by atoms with Crippen LogP contribution in [0.4, 0.5) is 0 Å². The van der Waals surface area contributed by atoms with Gasteiger partial charge < -0.3 is 10.4 Å². The first-order valence-electron chi connectivity index (χ1n) is 4.67. The van der Waals surface area contributed by atoms with E-state index >= 15 is 0 Å². The summed E-state index contributed by atoms with van der Waals surface area (Å²) in [5.41, 5.74) is 0. The van der Waals surface area contributed by atoms with E-state index in [1.54, 1.807) is 12.1 Å². The van der Waals surface area contributed by atoms with E-state index in [4.69, 9.17) is 23.2 Å². The maximum atomic E-state index is 11.0. The highest BCUT2D eigenvalue weighted by molar-refractivity contribution is 8.76. The Balaban J connectivity index is 2.11. The van der Waals surface area contributed by atoms with Crippen LogP contribution in [0.1, 0.15) is 0 Å². The summed E-state index contributed by atoms with van der Waals surface area (Å²) in [6, 6.07) is 3.25. The van der Waals surface area contributed by atoms with E-state index in [1.807, 2.05) is 0 Å². The topological polar surface area (TPSA) is 53.9 Å². The first kappa shape index (κ1) is 13.6. The van der Waals surface area contributed by atoms with Crippen LogP contribution in [0.2, 0.25) is 10.0 Å². The van der Waals surface area contributed by atoms with Gasteiger partial charge in [-0.3, -0.25) is 0 Å². The van der Waals surface area contributed by atoms with E-state index < -0.39 is 0 Å². The first-order chi connectivity index (χ1) is 8.56. The number of hydrogen-bond donors (Lipinski definition) is 0. The van der Waals surface area contributed by atoms with Crippen LogP contribution in [0, 0.1) is 10.4 Å². The minimum atomic E-state index is 0.371. The Bertz CT molecular complexity index is 532. The van der Waals surface area contributed by atoms with Gasteiger partial charge in [-0.25, -0.2) is 0 Å². The molecule has 0 atom stereocenters. The zero-order valence-corrected chi connectivity index (χ0v) is 11.9. The van der Waals surface area contributed by atoms with E-state index in [0.717, 1.165) is 9.79 Å². The van der Waals surface area contributed by atoms with E-state index in [1.165, 1.54) is 46.4 Å². The Labute approximate surface area is 121 Å². The molecule has 0 aromatic carbocycles. The van der Waals surface area contributed by atoms with Crippen molar-refractivity contribution >= 4 is 44.8 Å². The van der Waals surface area contributed by atoms with Crippen molar-refractivity contribution in [2.45, 2.75) is 9.79 Å². The molecular weight excluding hydrogens is 315 g/mol. The van der Waals surface area contributed by atoms with Gasteiger partial charge in [0.05, 0.1) is 0 Å². The van der Waals surface area contributed by atoms with E-state index in [2.05, 4.69) is 0 Å². The van der Waals surface area contributed by atoms with Crippen LogP contribution in [-0.4, -0.2) is 0 Å². The lowest BCUT2D eigenvalue weighted by Crippen LogP contribution is -2.24. The second-order valence-electron chi connectivity index (χ2n) is 3.20. The quantitative estimate of drug-likeness (QED) is 0.495. The molecule has 0 aliphatic carbocycles. The van der Waals surface area contributed by atoms with Crippen molar-refractivity contribution in [3.05, 3.63) is 57.4 Å². The van der Waals surface area contributed by atoms with Crippen LogP contribution >= 0.6 is 44.8 Å². The summed E-state index contributed by atoms with van der Waals surface area (Å²) in [5, 5.41) is 22.7. The molecule has 0 unspecified atom stereocenters. The third kappa shape index (κ3) is 3.35. The van der Waals surface area contributed by atoms with Gasteiger partial charge in [0.2, 0.25) is 0 Å². The van der Waals surface area contributed by atoms with Gasteiger partial charge in [0, 0.05) is 21.9 Å². The summed E-state index contributed by atoms with van der Waals surface area (Å²) in [6.45, 7) is 0. The van der Waals surface area contributed by atoms with Crippen molar-refractivity contribution in [3.8, 4) is 0 Å². The van der Waals surface area contributed by atoms with Crippen molar-refractivity contribution in [2.24, 2.45) is 0 Å². The van der Waals surface area contributed by atoms with E-state index in [9.17, 15) is 10.4 Å². The molecule has 4 nitrogen and oxygen atoms in total. The average Bonchev–Trinajstić information content (AvgIpc) is 2.30. The third-order valence-corrected chi connectivity index (χ3v) is 5.23. The molecule has 0 aliphatic heterocycles. The maximum Gasteiger partial charge on any atom is 0.200 e. The van der Waals surface area contributed by atoms with Crippen LogP contribution < -0.4 is 9.46 Å². The minimum Gasteiger partial charge on any atom is -0.619 e. The number of hydrogen-bond acceptors (Lipinski definition) is 4. The lowest BCUT2D eigenvalue weighted by Gasteiger charge is -2.04. The molecule has 0 aliphatic rings. The van der Waals surface area contributed by atoms with Gasteiger partial charge in [-0.2, -0.15) is 9.46 Å². The minimum absolute atomic E-state index is 0.371. The molecule has 2 aromatic heterocycles. The van der Waals surface area contributed by atoms with Crippen molar-refractivity contribution in [3.63, 3.8) is 0 Å². The third-order valence-electron chi connectivity index (χ3n) is 1.92. The highest BCUT2D eigenvalue weighted by Gasteiger charge is 2.09. The average molecular weight is 321 g/mol. The predicted molar refractivity (Wildman–Crippen MR) is 72.5 cm³/mol. The van der Waals surface area contributed by atoms with Crippen molar-refractivity contribution in [1.29, 1.82) is 0 Å². The van der Waals surface area contributed by atoms with Gasteiger partial charge >= 0.3 is 0 Å². The molecule has 2 rings (SSSR count). The fraction of sp³-hybridized carbons (Fsp3) is 0. The summed E-state index contributed by atoms with van der Waals surface area (Å²) >= 11 is 11.8. The fourth-order valence-electron chi connectivity index (χ4n) is 1.10. The number of aromatic nitrogens is 2. The molecule has 0 radical (unpaired) electrons. The Morgan fingerprint density at radius 3 is 1.56 bits per heavy atom. The number of pyridine rings is 2. The smallest absolute Gasteiger partial charge is 0.200 e. The highest BCUT2D eigenvalue weighted by Crippen LogP contribution is 2.42. The molecule has 0 fully saturated rings. The maximum absolute atomic E-state index is 11.0. The monoisotopic (exact) mass is 320 g/mol. The molecule has 8 heteroatoms. The van der Waals surface area contributed by atoms with Gasteiger partial charge in [0.25, 0.3) is 0 Å². The van der Waals surface area contributed by atoms with Crippen molar-refractivity contribution in [2.75, 3.05) is 0 Å². The predicted octanol–water partition coefficient (Wildman–Crippen LogP) is 3.06. The van der Waals surface area contributed by atoms with Crippen molar-refractivity contribution in [1.82, 2.24) is 0 Å². The van der Waals surface area contributed by atoms with Gasteiger partial charge in [0.15, 0.2) is 24.8 Å². The molecule has 0 N–H and O–H groups in total. The largest absolute Gasteiger partial charge is 0.619 e. The molecule has 0 saturated carbocycles. The normalized spacial score (nSPS) is 10.6. The Kier molecular flexibility index (Phi) is 4.45. The standard InChI is InChI=1S/C10H6Cl2N2O2S2/c11-7-5-13(15)3-1-9(7)17-18-10-2-4-14(16)6-8(10)12/h1-6H. The Morgan fingerprint density at radius 2 is 1.22 bits per heavy atom. The second-order valence-corrected chi connectivity index (χ2v) is 6.23. The molecule has 2 aromatic rings. The molecule has 0 spiro atoms. The molecule has 2 heterocycles. The van der Waals surface area contributed by atoms with Crippen LogP contribution in [0.25, 0.3) is 0 Å². The Hall–Kier alpha value is -0.820. The molecule has 0 bridgehead atoms. The van der Waals surface area contributed by atoms with Gasteiger partial charge in [0.1, 0.15) is 10.0 Å². The molecule has 94 valence electrons. The molecule has 0 saturated heterocycles. The van der Waals surface area contributed by atoms with Gasteiger partial charge in [-0.15, -0.1) is 0 Å². The molecule has 18 heavy (non-hydrogen) atoms. The first-order valence-corrected chi connectivity index (χ1v) is 7.58. The SMILES string of the molecule is [O-][n+]1ccc(SSc2cc[n+]([O-])cc2Cl)c(Cl)c1. The number of halogens is 2. The highest BCUT2D eigenvalue weighted by atomic mass is 35.5. The van der Waals surface area contributed by atoms with Crippen LogP contribution in [0.5, 0.6) is 0 Å². The van der Waals surface area contributed by atoms with Crippen molar-refractivity contribution < 1.29 is 9.46 Å². The summed E-state index contributed by atoms with van der Waals surface area (Å²) in [5.74, 6) is 0. The van der Waals surface area contributed by atoms with E-state index in [-0.39, 0.29) is 0 Å². The summed E-state index contributed by atoms with van der Waals surface area (Å²) in [7, 11) is 2.73. The summed E-state index contributed by atoms with van der Waals surface area (Å²) < 4.78 is 1.26. The van der Waals surface area contributed by atoms with Gasteiger partial charge in [-0.1, -0.05) is 44.8 Å². The Morgan fingerprint density at radius 1 is 0.833 bits per heavy atom. The lowest BCUT2D eigenvalue weighted by atomic mass is 10.5. The zero-order valence-electron chi connectivity index (χ0n) is 8.75. The zero-order chi connectivity index (χ0) is 13.1.